The van der Waals surface area contributed by atoms with Crippen LogP contribution in [0.2, 0.25) is 0 Å². The van der Waals surface area contributed by atoms with Crippen LogP contribution in [-0.4, -0.2) is 105 Å². The maximum Gasteiger partial charge on any atom is 0.417 e. The van der Waals surface area contributed by atoms with E-state index in [9.17, 15) is 24.0 Å². The Balaban J connectivity index is 2.75. The molecule has 1 rings (SSSR count). The highest BCUT2D eigenvalue weighted by atomic mass is 16.6. The third-order valence-electron chi connectivity index (χ3n) is 5.01. The van der Waals surface area contributed by atoms with Gasteiger partial charge in [0, 0.05) is 27.1 Å². The molecule has 1 heterocycles. The second kappa shape index (κ2) is 16.1. The van der Waals surface area contributed by atoms with E-state index < -0.39 is 42.0 Å². The molecule has 1 fully saturated rings. The minimum Gasteiger partial charge on any atom is -0.451 e. The van der Waals surface area contributed by atoms with Gasteiger partial charge in [-0.2, -0.15) is 0 Å². The molecule has 0 aromatic carbocycles. The molecule has 12 heteroatoms. The lowest BCUT2D eigenvalue weighted by Crippen LogP contribution is -2.53. The van der Waals surface area contributed by atoms with E-state index in [1.165, 1.54) is 0 Å². The molecule has 0 unspecified atom stereocenters. The number of aliphatic hydroxyl groups is 1. The van der Waals surface area contributed by atoms with Crippen molar-refractivity contribution in [3.63, 3.8) is 0 Å². The number of hydrogen-bond acceptors (Lipinski definition) is 11. The fraction of sp³-hybridized carbons (Fsp3) is 0.696. The molecule has 1 aliphatic rings. The van der Waals surface area contributed by atoms with Crippen LogP contribution in [0.5, 0.6) is 0 Å². The lowest BCUT2D eigenvalue weighted by molar-refractivity contribution is -0.166. The minimum absolute atomic E-state index is 0.00133. The molecule has 1 saturated heterocycles. The summed E-state index contributed by atoms with van der Waals surface area (Å²) in [7, 11) is 1.14. The number of aliphatic hydroxyl groups excluding tert-OH is 1. The van der Waals surface area contributed by atoms with Crippen molar-refractivity contribution in [1.82, 2.24) is 4.90 Å². The fourth-order valence-electron chi connectivity index (χ4n) is 3.21. The largest absolute Gasteiger partial charge is 0.451 e. The molecule has 1 N–H and O–H groups in total. The van der Waals surface area contributed by atoms with Gasteiger partial charge in [-0.05, 0) is 24.5 Å². The van der Waals surface area contributed by atoms with Crippen molar-refractivity contribution in [1.29, 1.82) is 0 Å². The van der Waals surface area contributed by atoms with Crippen LogP contribution < -0.4 is 0 Å². The van der Waals surface area contributed by atoms with Gasteiger partial charge in [-0.15, -0.1) is 0 Å². The zero-order valence-corrected chi connectivity index (χ0v) is 20.6. The first-order chi connectivity index (χ1) is 16.6. The Labute approximate surface area is 204 Å². The van der Waals surface area contributed by atoms with E-state index in [0.717, 1.165) is 31.1 Å². The highest BCUT2D eigenvalue weighted by molar-refractivity contribution is 6.05. The third kappa shape index (κ3) is 10.2. The normalized spacial score (nSPS) is 17.5. The van der Waals surface area contributed by atoms with Gasteiger partial charge in [-0.25, -0.2) is 9.69 Å². The molecule has 35 heavy (non-hydrogen) atoms. The Kier molecular flexibility index (Phi) is 14.0. The molecule has 2 amide bonds. The maximum absolute atomic E-state index is 13.1. The lowest BCUT2D eigenvalue weighted by Gasteiger charge is -2.29. The summed E-state index contributed by atoms with van der Waals surface area (Å²) >= 11 is 0. The number of amides is 2. The average molecular weight is 502 g/mol. The number of ether oxygens (including phenoxy) is 5. The quantitative estimate of drug-likeness (QED) is 0.168. The summed E-state index contributed by atoms with van der Waals surface area (Å²) in [4.78, 5) is 62.6. The van der Waals surface area contributed by atoms with Crippen LogP contribution in [-0.2, 0) is 42.9 Å². The van der Waals surface area contributed by atoms with Crippen LogP contribution >= 0.6 is 0 Å². The fourth-order valence-corrected chi connectivity index (χ4v) is 3.21. The van der Waals surface area contributed by atoms with Gasteiger partial charge in [0.25, 0.3) is 5.91 Å². The van der Waals surface area contributed by atoms with Crippen molar-refractivity contribution in [3.05, 3.63) is 12.2 Å². The lowest BCUT2D eigenvalue weighted by atomic mass is 10.0. The Morgan fingerprint density at radius 3 is 2.31 bits per heavy atom. The molecule has 1 aliphatic heterocycles. The number of carbonyl (C=O) groups excluding carboxylic acids is 5. The van der Waals surface area contributed by atoms with E-state index in [0.29, 0.717) is 26.2 Å². The van der Waals surface area contributed by atoms with E-state index in [1.54, 1.807) is 13.8 Å². The van der Waals surface area contributed by atoms with Gasteiger partial charge < -0.3 is 28.8 Å². The summed E-state index contributed by atoms with van der Waals surface area (Å²) in [6.45, 7) is 5.76. The number of nitrogens with zero attached hydrogens (tertiary/aromatic N) is 1. The van der Waals surface area contributed by atoms with Crippen molar-refractivity contribution in [2.24, 2.45) is 5.92 Å². The van der Waals surface area contributed by atoms with Crippen LogP contribution in [0.1, 0.15) is 33.6 Å². The predicted molar refractivity (Wildman–Crippen MR) is 120 cm³/mol. The van der Waals surface area contributed by atoms with Gasteiger partial charge in [-0.3, -0.25) is 19.2 Å². The Morgan fingerprint density at radius 1 is 1.09 bits per heavy atom. The highest BCUT2D eigenvalue weighted by Crippen LogP contribution is 2.23. The van der Waals surface area contributed by atoms with E-state index >= 15 is 0 Å². The molecule has 12 nitrogen and oxygen atoms in total. The number of imide groups is 1. The van der Waals surface area contributed by atoms with Crippen molar-refractivity contribution in [2.75, 3.05) is 46.8 Å². The number of carbonyl (C=O) groups is 5. The zero-order valence-electron chi connectivity index (χ0n) is 20.6. The number of esters is 1. The standard InChI is InChI=1S/C23H35NO11/c1-15(2)18-14-34-23(30)24(18)22(29)21(31-4)20(35-16(3)26)19(28)8-7-17(27)6-5-10-32-12-13-33-11-9-25/h7-8,15,18,20-21,25H,5-6,9-14H2,1-4H3/t18-,20-,21+/m1/s1. The van der Waals surface area contributed by atoms with E-state index in [-0.39, 0.29) is 37.9 Å². The Bertz CT molecular complexity index is 765. The van der Waals surface area contributed by atoms with Crippen LogP contribution in [0.4, 0.5) is 4.79 Å². The van der Waals surface area contributed by atoms with Gasteiger partial charge in [0.15, 0.2) is 23.8 Å². The molecule has 0 saturated carbocycles. The van der Waals surface area contributed by atoms with Gasteiger partial charge in [0.05, 0.1) is 32.5 Å². The minimum atomic E-state index is -1.70. The molecule has 3 atom stereocenters. The molecule has 198 valence electrons. The van der Waals surface area contributed by atoms with Crippen molar-refractivity contribution >= 4 is 29.5 Å². The van der Waals surface area contributed by atoms with Gasteiger partial charge in [0.2, 0.25) is 0 Å². The number of ketones is 2. The molecule has 0 aliphatic carbocycles. The molecular formula is C23H35NO11. The van der Waals surface area contributed by atoms with E-state index in [2.05, 4.69) is 0 Å². The summed E-state index contributed by atoms with van der Waals surface area (Å²) < 4.78 is 25.5. The molecule has 0 spiro atoms. The smallest absolute Gasteiger partial charge is 0.417 e. The number of cyclic esters (lactones) is 1. The van der Waals surface area contributed by atoms with Crippen molar-refractivity contribution in [2.45, 2.75) is 51.9 Å². The second-order valence-electron chi connectivity index (χ2n) is 8.04. The van der Waals surface area contributed by atoms with Gasteiger partial charge >= 0.3 is 12.1 Å². The Hall–Kier alpha value is -2.67. The summed E-state index contributed by atoms with van der Waals surface area (Å²) in [6.07, 6.45) is -1.74. The number of allylic oxidation sites excluding steroid dienone is 1. The Morgan fingerprint density at radius 2 is 1.74 bits per heavy atom. The number of rotatable bonds is 17. The maximum atomic E-state index is 13.1. The second-order valence-corrected chi connectivity index (χ2v) is 8.04. The van der Waals surface area contributed by atoms with E-state index in [4.69, 9.17) is 28.8 Å². The van der Waals surface area contributed by atoms with Gasteiger partial charge in [0.1, 0.15) is 6.61 Å². The molecule has 0 radical (unpaired) electrons. The molecule has 0 bridgehead atoms. The van der Waals surface area contributed by atoms with Crippen LogP contribution in [0, 0.1) is 5.92 Å². The van der Waals surface area contributed by atoms with Crippen LogP contribution in [0.25, 0.3) is 0 Å². The molecular weight excluding hydrogens is 466 g/mol. The number of methoxy groups -OCH3 is 1. The number of hydrogen-bond donors (Lipinski definition) is 1. The predicted octanol–water partition coefficient (Wildman–Crippen LogP) is 0.437. The summed E-state index contributed by atoms with van der Waals surface area (Å²) in [5, 5.41) is 8.59. The first-order valence-corrected chi connectivity index (χ1v) is 11.3. The molecule has 0 aromatic rings. The topological polar surface area (TPSA) is 155 Å². The zero-order chi connectivity index (χ0) is 26.4. The SMILES string of the molecule is CO[C@H](C(=O)N1C(=O)OC[C@@H]1C(C)C)[C@H](OC(C)=O)C(=O)C=CC(=O)CCCOCCOCCO. The molecule has 0 aromatic heterocycles. The van der Waals surface area contributed by atoms with Crippen LogP contribution in [0.15, 0.2) is 12.2 Å². The first-order valence-electron chi connectivity index (χ1n) is 11.3. The monoisotopic (exact) mass is 501 g/mol. The van der Waals surface area contributed by atoms with Crippen molar-refractivity contribution in [3.8, 4) is 0 Å². The first kappa shape index (κ1) is 30.4. The summed E-state index contributed by atoms with van der Waals surface area (Å²) in [5.41, 5.74) is 0. The average Bonchev–Trinajstić information content (AvgIpc) is 3.20. The van der Waals surface area contributed by atoms with E-state index in [1.807, 2.05) is 0 Å². The van der Waals surface area contributed by atoms with Crippen LogP contribution in [0.3, 0.4) is 0 Å². The van der Waals surface area contributed by atoms with Crippen molar-refractivity contribution < 1.29 is 52.8 Å². The highest BCUT2D eigenvalue weighted by Gasteiger charge is 2.46. The van der Waals surface area contributed by atoms with Gasteiger partial charge in [-0.1, -0.05) is 13.8 Å². The summed E-state index contributed by atoms with van der Waals surface area (Å²) in [6, 6.07) is -0.568. The summed E-state index contributed by atoms with van der Waals surface area (Å²) in [5.74, 6) is -3.07. The third-order valence-corrected chi connectivity index (χ3v) is 5.01.